The van der Waals surface area contributed by atoms with Gasteiger partial charge in [-0.05, 0) is 61.7 Å². The van der Waals surface area contributed by atoms with E-state index in [-0.39, 0.29) is 0 Å². The Morgan fingerprint density at radius 3 is 2.74 bits per heavy atom. The minimum atomic E-state index is 0.574. The van der Waals surface area contributed by atoms with Crippen LogP contribution in [0.5, 0.6) is 0 Å². The Labute approximate surface area is 157 Å². The fourth-order valence-electron chi connectivity index (χ4n) is 4.00. The molecule has 136 valence electrons. The first-order valence-corrected chi connectivity index (χ1v) is 9.48. The molecule has 1 N–H and O–H groups in total. The number of aromatic amines is 1. The zero-order valence-electron chi connectivity index (χ0n) is 15.1. The van der Waals surface area contributed by atoms with Gasteiger partial charge in [0.2, 0.25) is 0 Å². The molecule has 1 aromatic carbocycles. The van der Waals surface area contributed by atoms with E-state index in [1.807, 2.05) is 53.5 Å². The first kappa shape index (κ1) is 16.2. The van der Waals surface area contributed by atoms with Gasteiger partial charge in [-0.1, -0.05) is 23.4 Å². The van der Waals surface area contributed by atoms with E-state index in [0.717, 1.165) is 54.9 Å². The van der Waals surface area contributed by atoms with Gasteiger partial charge in [-0.3, -0.25) is 9.88 Å². The molecule has 0 atom stereocenters. The second-order valence-electron chi connectivity index (χ2n) is 7.18. The summed E-state index contributed by atoms with van der Waals surface area (Å²) in [4.78, 5) is 10.4. The Balaban J connectivity index is 1.23. The number of aromatic nitrogens is 5. The van der Waals surface area contributed by atoms with Crippen LogP contribution in [0.2, 0.25) is 0 Å². The number of rotatable bonds is 4. The van der Waals surface area contributed by atoms with Gasteiger partial charge in [-0.25, -0.2) is 4.68 Å². The summed E-state index contributed by atoms with van der Waals surface area (Å²) in [6.07, 6.45) is 8.35. The lowest BCUT2D eigenvalue weighted by molar-refractivity contribution is 0.203. The van der Waals surface area contributed by atoms with Crippen molar-refractivity contribution < 1.29 is 0 Å². The van der Waals surface area contributed by atoms with Gasteiger partial charge in [0.1, 0.15) is 0 Å². The number of para-hydroxylation sites is 1. The molecule has 6 nitrogen and oxygen atoms in total. The van der Waals surface area contributed by atoms with Gasteiger partial charge >= 0.3 is 0 Å². The summed E-state index contributed by atoms with van der Waals surface area (Å²) in [6.45, 7) is 3.00. The quantitative estimate of drug-likeness (QED) is 0.606. The molecule has 3 aromatic heterocycles. The maximum absolute atomic E-state index is 4.57. The minimum Gasteiger partial charge on any atom is -0.360 e. The number of fused-ring (bicyclic) bond motifs is 1. The molecule has 1 aliphatic heterocycles. The predicted octanol–water partition coefficient (Wildman–Crippen LogP) is 3.52. The average molecular weight is 358 g/mol. The Morgan fingerprint density at radius 2 is 1.89 bits per heavy atom. The summed E-state index contributed by atoms with van der Waals surface area (Å²) in [5.41, 5.74) is 5.68. The lowest BCUT2D eigenvalue weighted by atomic mass is 9.90. The number of pyridine rings is 1. The van der Waals surface area contributed by atoms with Gasteiger partial charge in [0, 0.05) is 18.9 Å². The average Bonchev–Trinajstić information content (AvgIpc) is 3.37. The first-order chi connectivity index (χ1) is 13.4. The molecule has 0 aliphatic carbocycles. The molecule has 1 aliphatic rings. The summed E-state index contributed by atoms with van der Waals surface area (Å²) < 4.78 is 1.85. The molecule has 0 unspecified atom stereocenters. The van der Waals surface area contributed by atoms with Crippen molar-refractivity contribution in [3.05, 3.63) is 72.3 Å². The molecule has 1 fully saturated rings. The van der Waals surface area contributed by atoms with E-state index in [0.29, 0.717) is 5.92 Å². The molecule has 1 saturated heterocycles. The van der Waals surface area contributed by atoms with Crippen molar-refractivity contribution in [2.45, 2.75) is 25.3 Å². The van der Waals surface area contributed by atoms with E-state index >= 15 is 0 Å². The molecule has 6 heteroatoms. The van der Waals surface area contributed by atoms with Gasteiger partial charge in [-0.2, -0.15) is 0 Å². The number of H-pyrrole nitrogens is 1. The van der Waals surface area contributed by atoms with Crippen LogP contribution in [0.25, 0.3) is 16.7 Å². The van der Waals surface area contributed by atoms with Crippen molar-refractivity contribution in [1.82, 2.24) is 29.9 Å². The van der Waals surface area contributed by atoms with Crippen molar-refractivity contribution >= 4 is 11.0 Å². The molecule has 5 rings (SSSR count). The Bertz CT molecular complexity index is 1030. The molecule has 27 heavy (non-hydrogen) atoms. The van der Waals surface area contributed by atoms with Crippen LogP contribution in [0.1, 0.15) is 30.0 Å². The lowest BCUT2D eigenvalue weighted by Gasteiger charge is -2.31. The van der Waals surface area contributed by atoms with Crippen molar-refractivity contribution in [2.75, 3.05) is 13.1 Å². The molecule has 0 spiro atoms. The fraction of sp³-hybridized carbons (Fsp3) is 0.286. The number of hydrogen-bond acceptors (Lipinski definition) is 4. The number of benzene rings is 1. The smallest absolute Gasteiger partial charge is 0.0971 e. The maximum Gasteiger partial charge on any atom is 0.0971 e. The van der Waals surface area contributed by atoms with Gasteiger partial charge in [0.15, 0.2) is 0 Å². The number of nitrogens with one attached hydrogen (secondary N) is 1. The Kier molecular flexibility index (Phi) is 4.18. The highest BCUT2D eigenvalue weighted by Crippen LogP contribution is 2.32. The molecule has 0 bridgehead atoms. The van der Waals surface area contributed by atoms with Gasteiger partial charge in [0.25, 0.3) is 0 Å². The largest absolute Gasteiger partial charge is 0.360 e. The summed E-state index contributed by atoms with van der Waals surface area (Å²) in [7, 11) is 0. The Morgan fingerprint density at radius 1 is 1.04 bits per heavy atom. The second-order valence-corrected chi connectivity index (χ2v) is 7.18. The molecule has 0 saturated carbocycles. The second kappa shape index (κ2) is 6.96. The van der Waals surface area contributed by atoms with E-state index in [1.165, 1.54) is 5.56 Å². The van der Waals surface area contributed by atoms with Crippen molar-refractivity contribution in [2.24, 2.45) is 0 Å². The lowest BCUT2D eigenvalue weighted by Crippen LogP contribution is -2.32. The van der Waals surface area contributed by atoms with E-state index in [9.17, 15) is 0 Å². The van der Waals surface area contributed by atoms with Crippen LogP contribution in [0.4, 0.5) is 0 Å². The zero-order valence-corrected chi connectivity index (χ0v) is 15.1. The Hall–Kier alpha value is -2.99. The highest BCUT2D eigenvalue weighted by molar-refractivity contribution is 5.79. The van der Waals surface area contributed by atoms with Crippen molar-refractivity contribution in [1.29, 1.82) is 0 Å². The summed E-state index contributed by atoms with van der Waals surface area (Å²) in [6, 6.07) is 14.2. The standard InChI is InChI=1S/C21H22N6/c1-2-5-18(6-3-1)27-15-17(24-25-27)14-26-11-8-16(9-12-26)19-13-23-20-7-4-10-22-21(19)20/h1-7,10,13,15-16,23H,8-9,11-12,14H2. The van der Waals surface area contributed by atoms with E-state index in [4.69, 9.17) is 0 Å². The van der Waals surface area contributed by atoms with E-state index in [2.05, 4.69) is 37.4 Å². The van der Waals surface area contributed by atoms with Crippen LogP contribution in [0.15, 0.2) is 61.1 Å². The monoisotopic (exact) mass is 358 g/mol. The van der Waals surface area contributed by atoms with Crippen molar-refractivity contribution in [3.63, 3.8) is 0 Å². The topological polar surface area (TPSA) is 62.6 Å². The highest BCUT2D eigenvalue weighted by atomic mass is 15.4. The molecule has 0 radical (unpaired) electrons. The predicted molar refractivity (Wildman–Crippen MR) is 105 cm³/mol. The summed E-state index contributed by atoms with van der Waals surface area (Å²) in [5, 5.41) is 8.62. The van der Waals surface area contributed by atoms with Crippen LogP contribution >= 0.6 is 0 Å². The van der Waals surface area contributed by atoms with Crippen LogP contribution < -0.4 is 0 Å². The number of nitrogens with zero attached hydrogens (tertiary/aromatic N) is 5. The third-order valence-electron chi connectivity index (χ3n) is 5.44. The fourth-order valence-corrected chi connectivity index (χ4v) is 4.00. The molecular formula is C21H22N6. The molecule has 4 aromatic rings. The zero-order chi connectivity index (χ0) is 18.1. The molecule has 4 heterocycles. The third-order valence-corrected chi connectivity index (χ3v) is 5.44. The van der Waals surface area contributed by atoms with Crippen LogP contribution in [0, 0.1) is 0 Å². The molecular weight excluding hydrogens is 336 g/mol. The summed E-state index contributed by atoms with van der Waals surface area (Å²) in [5.74, 6) is 0.574. The first-order valence-electron chi connectivity index (χ1n) is 9.48. The minimum absolute atomic E-state index is 0.574. The normalized spacial score (nSPS) is 16.1. The van der Waals surface area contributed by atoms with Crippen LogP contribution in [0.3, 0.4) is 0 Å². The van der Waals surface area contributed by atoms with E-state index in [1.54, 1.807) is 0 Å². The van der Waals surface area contributed by atoms with Crippen LogP contribution in [-0.4, -0.2) is 43.0 Å². The highest BCUT2D eigenvalue weighted by Gasteiger charge is 2.23. The number of hydrogen-bond donors (Lipinski definition) is 1. The van der Waals surface area contributed by atoms with Gasteiger partial charge < -0.3 is 4.98 Å². The van der Waals surface area contributed by atoms with Crippen molar-refractivity contribution in [3.8, 4) is 5.69 Å². The van der Waals surface area contributed by atoms with Gasteiger partial charge in [0.05, 0.1) is 28.6 Å². The number of likely N-dealkylation sites (tertiary alicyclic amines) is 1. The van der Waals surface area contributed by atoms with E-state index < -0.39 is 0 Å². The third kappa shape index (κ3) is 3.24. The SMILES string of the molecule is c1ccc(-n2cc(CN3CCC(c4c[nH]c5cccnc45)CC3)nn2)cc1. The van der Waals surface area contributed by atoms with Crippen LogP contribution in [-0.2, 0) is 6.54 Å². The molecule has 0 amide bonds. The van der Waals surface area contributed by atoms with Gasteiger partial charge in [-0.15, -0.1) is 5.10 Å². The number of piperidine rings is 1. The maximum atomic E-state index is 4.57. The summed E-state index contributed by atoms with van der Waals surface area (Å²) >= 11 is 0.